The van der Waals surface area contributed by atoms with Gasteiger partial charge in [0.15, 0.2) is 0 Å². The Balaban J connectivity index is 1.96. The number of benzene rings is 1. The molecule has 2 rings (SSSR count). The lowest BCUT2D eigenvalue weighted by Gasteiger charge is -2.27. The average Bonchev–Trinajstić information content (AvgIpc) is 2.56. The first-order valence-electron chi connectivity index (χ1n) is 7.58. The van der Waals surface area contributed by atoms with Crippen molar-refractivity contribution in [1.29, 1.82) is 0 Å². The van der Waals surface area contributed by atoms with Crippen LogP contribution in [0.2, 0.25) is 0 Å². The first kappa shape index (κ1) is 15.1. The third-order valence-electron chi connectivity index (χ3n) is 4.42. The van der Waals surface area contributed by atoms with Gasteiger partial charge >= 0.3 is 0 Å². The summed E-state index contributed by atoms with van der Waals surface area (Å²) >= 11 is 3.46. The summed E-state index contributed by atoms with van der Waals surface area (Å²) in [6.07, 6.45) is 9.01. The molecule has 0 bridgehead atoms. The lowest BCUT2D eigenvalue weighted by atomic mass is 9.87. The maximum absolute atomic E-state index is 10.8. The van der Waals surface area contributed by atoms with Crippen molar-refractivity contribution in [2.24, 2.45) is 5.92 Å². The average molecular weight is 325 g/mol. The molecule has 1 aliphatic rings. The summed E-state index contributed by atoms with van der Waals surface area (Å²) in [4.78, 5) is 0. The molecule has 1 aromatic carbocycles. The normalized spacial score (nSPS) is 28.1. The highest BCUT2D eigenvalue weighted by molar-refractivity contribution is 9.10. The maximum atomic E-state index is 10.8. The van der Waals surface area contributed by atoms with Crippen LogP contribution in [-0.4, -0.2) is 10.7 Å². The number of halogens is 1. The number of aliphatic hydroxyl groups is 1. The fourth-order valence-electron chi connectivity index (χ4n) is 3.32. The number of rotatable bonds is 4. The third kappa shape index (κ3) is 4.61. The first-order chi connectivity index (χ1) is 9.11. The van der Waals surface area contributed by atoms with Crippen molar-refractivity contribution in [2.45, 2.75) is 63.9 Å². The van der Waals surface area contributed by atoms with Crippen LogP contribution in [0, 0.1) is 5.92 Å². The van der Waals surface area contributed by atoms with Crippen LogP contribution in [0.4, 0.5) is 0 Å². The minimum absolute atomic E-state index is 0.476. The fraction of sp³-hybridized carbons (Fsp3) is 0.647. The van der Waals surface area contributed by atoms with Gasteiger partial charge in [0.2, 0.25) is 0 Å². The van der Waals surface area contributed by atoms with E-state index >= 15 is 0 Å². The van der Waals surface area contributed by atoms with Gasteiger partial charge in [-0.25, -0.2) is 0 Å². The molecule has 0 saturated heterocycles. The van der Waals surface area contributed by atoms with Gasteiger partial charge in [-0.05, 0) is 42.9 Å². The molecule has 0 spiro atoms. The Kier molecular flexibility index (Phi) is 5.47. The topological polar surface area (TPSA) is 20.2 Å². The third-order valence-corrected chi connectivity index (χ3v) is 4.94. The quantitative estimate of drug-likeness (QED) is 0.763. The van der Waals surface area contributed by atoms with Gasteiger partial charge in [-0.3, -0.25) is 0 Å². The van der Waals surface area contributed by atoms with E-state index in [4.69, 9.17) is 0 Å². The molecule has 1 aliphatic carbocycles. The Morgan fingerprint density at radius 3 is 2.63 bits per heavy atom. The van der Waals surface area contributed by atoms with Crippen LogP contribution in [0.15, 0.2) is 28.7 Å². The Labute approximate surface area is 125 Å². The van der Waals surface area contributed by atoms with Crippen molar-refractivity contribution in [3.05, 3.63) is 34.3 Å². The zero-order chi connectivity index (χ0) is 13.7. The van der Waals surface area contributed by atoms with E-state index in [1.165, 1.54) is 37.7 Å². The zero-order valence-electron chi connectivity index (χ0n) is 11.9. The van der Waals surface area contributed by atoms with E-state index in [0.29, 0.717) is 0 Å². The summed E-state index contributed by atoms with van der Waals surface area (Å²) in [5, 5.41) is 10.8. The number of hydrogen-bond acceptors (Lipinski definition) is 1. The van der Waals surface area contributed by atoms with Crippen LogP contribution < -0.4 is 0 Å². The van der Waals surface area contributed by atoms with Crippen LogP contribution in [-0.2, 0) is 6.42 Å². The van der Waals surface area contributed by atoms with E-state index in [1.54, 1.807) is 0 Å². The van der Waals surface area contributed by atoms with Crippen LogP contribution in [0.5, 0.6) is 0 Å². The second-order valence-electron chi connectivity index (χ2n) is 6.11. The number of hydrogen-bond donors (Lipinski definition) is 1. The SMILES string of the molecule is CCCC1CCCC(O)(Cc2ccc(Br)cc2)CC1. The standard InChI is InChI=1S/C17H25BrO/c1-2-4-14-5-3-11-17(19,12-10-14)13-15-6-8-16(18)9-7-15/h6-9,14,19H,2-5,10-13H2,1H3. The maximum Gasteiger partial charge on any atom is 0.0688 e. The molecular formula is C17H25BrO. The Bertz CT molecular complexity index is 387. The summed E-state index contributed by atoms with van der Waals surface area (Å²) < 4.78 is 1.10. The van der Waals surface area contributed by atoms with Gasteiger partial charge in [-0.1, -0.05) is 60.7 Å². The van der Waals surface area contributed by atoms with Gasteiger partial charge in [0.05, 0.1) is 5.60 Å². The molecule has 0 radical (unpaired) electrons. The predicted molar refractivity (Wildman–Crippen MR) is 84.3 cm³/mol. The summed E-state index contributed by atoms with van der Waals surface area (Å²) in [6.45, 7) is 2.26. The summed E-state index contributed by atoms with van der Waals surface area (Å²) in [6, 6.07) is 8.37. The summed E-state index contributed by atoms with van der Waals surface area (Å²) in [7, 11) is 0. The van der Waals surface area contributed by atoms with Crippen molar-refractivity contribution in [3.8, 4) is 0 Å². The zero-order valence-corrected chi connectivity index (χ0v) is 13.5. The van der Waals surface area contributed by atoms with Gasteiger partial charge < -0.3 is 5.11 Å². The summed E-state index contributed by atoms with van der Waals surface area (Å²) in [5.74, 6) is 0.837. The molecule has 1 saturated carbocycles. The molecule has 1 fully saturated rings. The highest BCUT2D eigenvalue weighted by Crippen LogP contribution is 2.34. The molecule has 0 aromatic heterocycles. The molecule has 2 heteroatoms. The van der Waals surface area contributed by atoms with E-state index in [9.17, 15) is 5.11 Å². The minimum atomic E-state index is -0.476. The summed E-state index contributed by atoms with van der Waals surface area (Å²) in [5.41, 5.74) is 0.774. The lowest BCUT2D eigenvalue weighted by molar-refractivity contribution is 0.0241. The van der Waals surface area contributed by atoms with Crippen molar-refractivity contribution < 1.29 is 5.11 Å². The second-order valence-corrected chi connectivity index (χ2v) is 7.03. The molecule has 1 N–H and O–H groups in total. The Hall–Kier alpha value is -0.340. The molecular weight excluding hydrogens is 300 g/mol. The highest BCUT2D eigenvalue weighted by atomic mass is 79.9. The van der Waals surface area contributed by atoms with Crippen molar-refractivity contribution in [2.75, 3.05) is 0 Å². The van der Waals surface area contributed by atoms with Gasteiger partial charge in [0.25, 0.3) is 0 Å². The molecule has 2 atom stereocenters. The van der Waals surface area contributed by atoms with Gasteiger partial charge in [-0.2, -0.15) is 0 Å². The molecule has 1 aromatic rings. The smallest absolute Gasteiger partial charge is 0.0688 e. The van der Waals surface area contributed by atoms with E-state index in [-0.39, 0.29) is 0 Å². The van der Waals surface area contributed by atoms with E-state index in [0.717, 1.165) is 29.7 Å². The van der Waals surface area contributed by atoms with Gasteiger partial charge in [0, 0.05) is 10.9 Å². The molecule has 19 heavy (non-hydrogen) atoms. The van der Waals surface area contributed by atoms with Crippen LogP contribution in [0.1, 0.15) is 57.4 Å². The monoisotopic (exact) mass is 324 g/mol. The van der Waals surface area contributed by atoms with Crippen LogP contribution in [0.3, 0.4) is 0 Å². The van der Waals surface area contributed by atoms with E-state index in [2.05, 4.69) is 47.1 Å². The predicted octanol–water partition coefficient (Wildman–Crippen LogP) is 5.10. The van der Waals surface area contributed by atoms with Crippen molar-refractivity contribution >= 4 is 15.9 Å². The largest absolute Gasteiger partial charge is 0.390 e. The van der Waals surface area contributed by atoms with E-state index in [1.807, 2.05) is 0 Å². The molecule has 0 amide bonds. The first-order valence-corrected chi connectivity index (χ1v) is 8.37. The second kappa shape index (κ2) is 6.90. The van der Waals surface area contributed by atoms with Crippen LogP contribution in [0.25, 0.3) is 0 Å². The van der Waals surface area contributed by atoms with Crippen molar-refractivity contribution in [3.63, 3.8) is 0 Å². The lowest BCUT2D eigenvalue weighted by Crippen LogP contribution is -2.30. The fourth-order valence-corrected chi connectivity index (χ4v) is 3.58. The molecule has 106 valence electrons. The minimum Gasteiger partial charge on any atom is -0.390 e. The van der Waals surface area contributed by atoms with Gasteiger partial charge in [0.1, 0.15) is 0 Å². The molecule has 2 unspecified atom stereocenters. The van der Waals surface area contributed by atoms with Gasteiger partial charge in [-0.15, -0.1) is 0 Å². The van der Waals surface area contributed by atoms with E-state index < -0.39 is 5.60 Å². The Morgan fingerprint density at radius 1 is 1.21 bits per heavy atom. The Morgan fingerprint density at radius 2 is 1.95 bits per heavy atom. The molecule has 1 nitrogen and oxygen atoms in total. The van der Waals surface area contributed by atoms with Crippen LogP contribution >= 0.6 is 15.9 Å². The molecule has 0 heterocycles. The highest BCUT2D eigenvalue weighted by Gasteiger charge is 2.30. The van der Waals surface area contributed by atoms with Crippen molar-refractivity contribution in [1.82, 2.24) is 0 Å². The molecule has 0 aliphatic heterocycles.